The number of carbonyl (C=O) groups excluding carboxylic acids is 1. The van der Waals surface area contributed by atoms with Gasteiger partial charge in [0.25, 0.3) is 5.56 Å². The molecule has 27 heavy (non-hydrogen) atoms. The first-order valence-corrected chi connectivity index (χ1v) is 10.3. The van der Waals surface area contributed by atoms with Crippen molar-refractivity contribution in [1.82, 2.24) is 15.3 Å². The largest absolute Gasteiger partial charge is 0.475 e. The number of aromatic nitrogens is 2. The highest BCUT2D eigenvalue weighted by Gasteiger charge is 2.22. The van der Waals surface area contributed by atoms with Crippen molar-refractivity contribution in [3.63, 3.8) is 0 Å². The zero-order chi connectivity index (χ0) is 19.2. The summed E-state index contributed by atoms with van der Waals surface area (Å²) in [7, 11) is -3.54. The summed E-state index contributed by atoms with van der Waals surface area (Å²) in [4.78, 5) is 30.2. The molecule has 0 aliphatic carbocycles. The highest BCUT2D eigenvalue weighted by Crippen LogP contribution is 2.30. The van der Waals surface area contributed by atoms with E-state index >= 15 is 0 Å². The second-order valence-electron chi connectivity index (χ2n) is 6.60. The maximum atomic E-state index is 12.2. The number of hydrogen-bond acceptors (Lipinski definition) is 6. The van der Waals surface area contributed by atoms with E-state index in [0.717, 1.165) is 6.26 Å². The van der Waals surface area contributed by atoms with Gasteiger partial charge in [0.1, 0.15) is 6.61 Å². The van der Waals surface area contributed by atoms with Gasteiger partial charge >= 0.3 is 0 Å². The Labute approximate surface area is 154 Å². The Hall–Kier alpha value is -2.94. The monoisotopic (exact) mass is 387 g/mol. The third kappa shape index (κ3) is 3.25. The molecule has 3 aromatic rings. The van der Waals surface area contributed by atoms with Crippen molar-refractivity contribution in [1.29, 1.82) is 0 Å². The number of benzene rings is 1. The van der Waals surface area contributed by atoms with E-state index in [9.17, 15) is 18.0 Å². The quantitative estimate of drug-likeness (QED) is 0.648. The Morgan fingerprint density at radius 1 is 1.22 bits per heavy atom. The lowest BCUT2D eigenvalue weighted by molar-refractivity contribution is -0.119. The zero-order valence-corrected chi connectivity index (χ0v) is 15.3. The van der Waals surface area contributed by atoms with Crippen molar-refractivity contribution >= 4 is 37.3 Å². The van der Waals surface area contributed by atoms with E-state index in [4.69, 9.17) is 4.74 Å². The lowest BCUT2D eigenvalue weighted by atomic mass is 10.1. The molecule has 140 valence electrons. The molecule has 1 fully saturated rings. The van der Waals surface area contributed by atoms with Gasteiger partial charge in [0.2, 0.25) is 11.8 Å². The summed E-state index contributed by atoms with van der Waals surface area (Å²) in [5.41, 5.74) is -0.368. The third-order valence-corrected chi connectivity index (χ3v) is 5.75. The van der Waals surface area contributed by atoms with Gasteiger partial charge in [-0.1, -0.05) is 0 Å². The fourth-order valence-corrected chi connectivity index (χ4v) is 4.12. The Bertz CT molecular complexity index is 1230. The van der Waals surface area contributed by atoms with Crippen LogP contribution in [0, 0.1) is 0 Å². The fraction of sp³-hybridized carbons (Fsp3) is 0.278. The predicted molar refractivity (Wildman–Crippen MR) is 99.6 cm³/mol. The minimum atomic E-state index is -3.54. The third-order valence-electron chi connectivity index (χ3n) is 4.62. The molecule has 2 N–H and O–H groups in total. The van der Waals surface area contributed by atoms with E-state index in [-0.39, 0.29) is 34.4 Å². The van der Waals surface area contributed by atoms with Crippen LogP contribution in [0.2, 0.25) is 0 Å². The summed E-state index contributed by atoms with van der Waals surface area (Å²) >= 11 is 0. The minimum Gasteiger partial charge on any atom is -0.475 e. The number of aromatic amines is 1. The number of fused-ring (bicyclic) bond motifs is 2. The summed E-state index contributed by atoms with van der Waals surface area (Å²) in [5.74, 6) is 0.327. The molecule has 0 saturated carbocycles. The molecule has 1 aromatic carbocycles. The predicted octanol–water partition coefficient (Wildman–Crippen LogP) is 1.14. The van der Waals surface area contributed by atoms with Gasteiger partial charge in [-0.25, -0.2) is 13.4 Å². The molecule has 1 amide bonds. The van der Waals surface area contributed by atoms with Crippen LogP contribution in [0.3, 0.4) is 0 Å². The SMILES string of the molecule is CS(=O)(=O)c1c[nH]c(=O)c2cc3ccnc(OCC4CCC(=O)N4)c3cc12. The van der Waals surface area contributed by atoms with Gasteiger partial charge in [-0.05, 0) is 30.0 Å². The molecule has 1 aliphatic rings. The van der Waals surface area contributed by atoms with Crippen LogP contribution >= 0.6 is 0 Å². The van der Waals surface area contributed by atoms with E-state index in [1.54, 1.807) is 24.4 Å². The lowest BCUT2D eigenvalue weighted by Gasteiger charge is -2.13. The first kappa shape index (κ1) is 17.5. The smallest absolute Gasteiger partial charge is 0.255 e. The number of amides is 1. The molecule has 1 unspecified atom stereocenters. The van der Waals surface area contributed by atoms with Gasteiger partial charge < -0.3 is 15.0 Å². The number of sulfone groups is 1. The molecular weight excluding hydrogens is 370 g/mol. The summed E-state index contributed by atoms with van der Waals surface area (Å²) in [6.07, 6.45) is 5.03. The van der Waals surface area contributed by atoms with Crippen LogP contribution < -0.4 is 15.6 Å². The number of carbonyl (C=O) groups is 1. The highest BCUT2D eigenvalue weighted by molar-refractivity contribution is 7.91. The molecule has 0 radical (unpaired) electrons. The minimum absolute atomic E-state index is 0.00232. The summed E-state index contributed by atoms with van der Waals surface area (Å²) in [6.45, 7) is 0.268. The first-order chi connectivity index (χ1) is 12.8. The number of H-pyrrole nitrogens is 1. The number of hydrogen-bond donors (Lipinski definition) is 2. The van der Waals surface area contributed by atoms with Crippen LogP contribution in [0.4, 0.5) is 0 Å². The average Bonchev–Trinajstić information content (AvgIpc) is 3.03. The number of nitrogens with one attached hydrogen (secondary N) is 2. The van der Waals surface area contributed by atoms with Crippen molar-refractivity contribution in [3.05, 3.63) is 40.9 Å². The Morgan fingerprint density at radius 2 is 2.04 bits per heavy atom. The second-order valence-corrected chi connectivity index (χ2v) is 8.59. The maximum absolute atomic E-state index is 12.2. The van der Waals surface area contributed by atoms with Crippen LogP contribution in [0.25, 0.3) is 21.5 Å². The summed E-state index contributed by atoms with van der Waals surface area (Å²) in [6, 6.07) is 4.89. The Kier molecular flexibility index (Phi) is 4.11. The van der Waals surface area contributed by atoms with E-state index in [1.807, 2.05) is 0 Å². The van der Waals surface area contributed by atoms with E-state index in [2.05, 4.69) is 15.3 Å². The molecule has 0 spiro atoms. The molecule has 0 bridgehead atoms. The van der Waals surface area contributed by atoms with Crippen LogP contribution in [0.5, 0.6) is 5.88 Å². The van der Waals surface area contributed by atoms with E-state index < -0.39 is 9.84 Å². The van der Waals surface area contributed by atoms with Crippen molar-refractivity contribution in [2.45, 2.75) is 23.8 Å². The Balaban J connectivity index is 1.84. The van der Waals surface area contributed by atoms with E-state index in [1.165, 1.54) is 6.20 Å². The number of pyridine rings is 2. The van der Waals surface area contributed by atoms with Crippen molar-refractivity contribution in [2.24, 2.45) is 0 Å². The molecule has 9 heteroatoms. The topological polar surface area (TPSA) is 118 Å². The Morgan fingerprint density at radius 3 is 2.74 bits per heavy atom. The molecule has 1 atom stereocenters. The molecule has 8 nitrogen and oxygen atoms in total. The van der Waals surface area contributed by atoms with Gasteiger partial charge in [0, 0.05) is 41.2 Å². The van der Waals surface area contributed by atoms with Gasteiger partial charge in [0.15, 0.2) is 9.84 Å². The zero-order valence-electron chi connectivity index (χ0n) is 14.5. The maximum Gasteiger partial charge on any atom is 0.255 e. The number of rotatable bonds is 4. The van der Waals surface area contributed by atoms with Gasteiger partial charge in [-0.2, -0.15) is 0 Å². The van der Waals surface area contributed by atoms with E-state index in [0.29, 0.717) is 34.9 Å². The normalized spacial score (nSPS) is 17.4. The number of ether oxygens (including phenoxy) is 1. The first-order valence-electron chi connectivity index (χ1n) is 8.39. The highest BCUT2D eigenvalue weighted by atomic mass is 32.2. The molecule has 1 aliphatic heterocycles. The van der Waals surface area contributed by atoms with Crippen LogP contribution in [-0.4, -0.2) is 43.2 Å². The number of nitrogens with zero attached hydrogens (tertiary/aromatic N) is 1. The molecule has 2 aromatic heterocycles. The molecule has 3 heterocycles. The molecule has 4 rings (SSSR count). The standard InChI is InChI=1S/C18H17N3O5S/c1-27(24,25)15-8-20-17(23)14-6-10-4-5-19-18(12(10)7-13(14)15)26-9-11-2-3-16(22)21-11/h4-8,11H,2-3,9H2,1H3,(H,20,23)(H,21,22). The van der Waals surface area contributed by atoms with Crippen molar-refractivity contribution < 1.29 is 17.9 Å². The second kappa shape index (κ2) is 6.34. The van der Waals surface area contributed by atoms with Gasteiger partial charge in [-0.15, -0.1) is 0 Å². The molecular formula is C18H17N3O5S. The fourth-order valence-electron chi connectivity index (χ4n) is 3.28. The average molecular weight is 387 g/mol. The van der Waals surface area contributed by atoms with Crippen molar-refractivity contribution in [2.75, 3.05) is 12.9 Å². The van der Waals surface area contributed by atoms with Crippen LogP contribution in [0.1, 0.15) is 12.8 Å². The van der Waals surface area contributed by atoms with Crippen molar-refractivity contribution in [3.8, 4) is 5.88 Å². The van der Waals surface area contributed by atoms with Gasteiger partial charge in [-0.3, -0.25) is 9.59 Å². The van der Waals surface area contributed by atoms with Gasteiger partial charge in [0.05, 0.1) is 10.9 Å². The lowest BCUT2D eigenvalue weighted by Crippen LogP contribution is -2.31. The van der Waals surface area contributed by atoms with Crippen LogP contribution in [-0.2, 0) is 14.6 Å². The molecule has 1 saturated heterocycles. The summed E-state index contributed by atoms with van der Waals surface area (Å²) in [5, 5.41) is 4.73. The summed E-state index contributed by atoms with van der Waals surface area (Å²) < 4.78 is 30.0. The van der Waals surface area contributed by atoms with Crippen LogP contribution in [0.15, 0.2) is 40.3 Å².